The van der Waals surface area contributed by atoms with Gasteiger partial charge in [-0.25, -0.2) is 9.59 Å². The summed E-state index contributed by atoms with van der Waals surface area (Å²) in [6.07, 6.45) is 3.57. The smallest absolute Gasteiger partial charge is 0.338 e. The number of hydrogen-bond donors (Lipinski definition) is 1. The number of carbonyl (C=O) groups is 2. The van der Waals surface area contributed by atoms with Crippen LogP contribution in [0.3, 0.4) is 0 Å². The number of aliphatic imine (C=N–C) groups is 1. The number of ether oxygens (including phenoxy) is 1. The lowest BCUT2D eigenvalue weighted by atomic mass is 10.1. The minimum absolute atomic E-state index is 0.233. The Hall–Kier alpha value is -3.67. The van der Waals surface area contributed by atoms with Gasteiger partial charge in [0.25, 0.3) is 0 Å². The summed E-state index contributed by atoms with van der Waals surface area (Å²) in [4.78, 5) is 27.3. The van der Waals surface area contributed by atoms with E-state index in [-0.39, 0.29) is 5.56 Å². The first-order valence-corrected chi connectivity index (χ1v) is 8.24. The van der Waals surface area contributed by atoms with Crippen LogP contribution in [0, 0.1) is 6.92 Å². The summed E-state index contributed by atoms with van der Waals surface area (Å²) < 4.78 is 6.69. The summed E-state index contributed by atoms with van der Waals surface area (Å²) in [5.41, 5.74) is 3.77. The fourth-order valence-corrected chi connectivity index (χ4v) is 2.73. The van der Waals surface area contributed by atoms with Gasteiger partial charge >= 0.3 is 11.9 Å². The molecule has 1 aromatic heterocycles. The van der Waals surface area contributed by atoms with Crippen LogP contribution in [0.25, 0.3) is 5.69 Å². The first-order valence-electron chi connectivity index (χ1n) is 8.24. The molecule has 0 saturated heterocycles. The number of carbonyl (C=O) groups excluding carboxylic acids is 1. The van der Waals surface area contributed by atoms with E-state index in [1.54, 1.807) is 42.6 Å². The van der Waals surface area contributed by atoms with Gasteiger partial charge < -0.3 is 14.4 Å². The minimum Gasteiger partial charge on any atom is -0.478 e. The van der Waals surface area contributed by atoms with Gasteiger partial charge in [-0.15, -0.1) is 0 Å². The molecule has 0 spiro atoms. The lowest BCUT2D eigenvalue weighted by molar-refractivity contribution is 0.0599. The standard InChI is InChI=1S/C21H18N2O4/c1-14-18(21(26)27-2)6-3-7-19(14)22-13-17-5-4-12-23(17)16-10-8-15(9-11-16)20(24)25/h3-13H,1-2H3,(H,24,25). The molecule has 1 N–H and O–H groups in total. The summed E-state index contributed by atoms with van der Waals surface area (Å²) in [6, 6.07) is 15.7. The molecule has 1 heterocycles. The van der Waals surface area contributed by atoms with Crippen LogP contribution in [0.5, 0.6) is 0 Å². The maximum atomic E-state index is 11.8. The summed E-state index contributed by atoms with van der Waals surface area (Å²) in [7, 11) is 1.35. The molecule has 0 aliphatic carbocycles. The van der Waals surface area contributed by atoms with Gasteiger partial charge in [-0.2, -0.15) is 0 Å². The number of carboxylic acids is 1. The Labute approximate surface area is 156 Å². The van der Waals surface area contributed by atoms with Crippen molar-refractivity contribution in [2.75, 3.05) is 7.11 Å². The number of methoxy groups -OCH3 is 1. The first kappa shape index (κ1) is 18.1. The van der Waals surface area contributed by atoms with Crippen LogP contribution in [0.15, 0.2) is 65.8 Å². The van der Waals surface area contributed by atoms with Gasteiger partial charge in [-0.05, 0) is 61.0 Å². The second kappa shape index (κ2) is 7.70. The van der Waals surface area contributed by atoms with E-state index in [4.69, 9.17) is 9.84 Å². The zero-order chi connectivity index (χ0) is 19.4. The molecule has 0 amide bonds. The van der Waals surface area contributed by atoms with Crippen LogP contribution in [0.4, 0.5) is 5.69 Å². The van der Waals surface area contributed by atoms with Crippen molar-refractivity contribution in [2.24, 2.45) is 4.99 Å². The molecule has 6 nitrogen and oxygen atoms in total. The quantitative estimate of drug-likeness (QED) is 0.549. The van der Waals surface area contributed by atoms with Crippen LogP contribution >= 0.6 is 0 Å². The van der Waals surface area contributed by atoms with Crippen molar-refractivity contribution in [1.29, 1.82) is 0 Å². The van der Waals surface area contributed by atoms with Crippen LogP contribution in [-0.4, -0.2) is 34.9 Å². The molecule has 0 unspecified atom stereocenters. The van der Waals surface area contributed by atoms with Gasteiger partial charge in [-0.1, -0.05) is 6.07 Å². The predicted octanol–water partition coefficient (Wildman–Crippen LogP) is 4.02. The Kier molecular flexibility index (Phi) is 5.17. The molecule has 3 rings (SSSR count). The molecule has 0 aliphatic rings. The lowest BCUT2D eigenvalue weighted by Gasteiger charge is -2.08. The van der Waals surface area contributed by atoms with E-state index >= 15 is 0 Å². The fourth-order valence-electron chi connectivity index (χ4n) is 2.73. The summed E-state index contributed by atoms with van der Waals surface area (Å²) in [6.45, 7) is 1.82. The van der Waals surface area contributed by atoms with E-state index in [1.165, 1.54) is 7.11 Å². The Morgan fingerprint density at radius 2 is 1.81 bits per heavy atom. The van der Waals surface area contributed by atoms with Crippen molar-refractivity contribution in [2.45, 2.75) is 6.92 Å². The molecular weight excluding hydrogens is 344 g/mol. The number of carboxylic acid groups (broad SMARTS) is 1. The van der Waals surface area contributed by atoms with Crippen molar-refractivity contribution >= 4 is 23.8 Å². The molecule has 0 aliphatic heterocycles. The van der Waals surface area contributed by atoms with Crippen LogP contribution in [0.1, 0.15) is 32.0 Å². The minimum atomic E-state index is -0.961. The van der Waals surface area contributed by atoms with Crippen molar-refractivity contribution in [3.63, 3.8) is 0 Å². The fraction of sp³-hybridized carbons (Fsp3) is 0.0952. The maximum Gasteiger partial charge on any atom is 0.338 e. The second-order valence-electron chi connectivity index (χ2n) is 5.85. The molecule has 0 radical (unpaired) electrons. The number of aromatic nitrogens is 1. The first-order chi connectivity index (χ1) is 13.0. The van der Waals surface area contributed by atoms with Gasteiger partial charge in [0, 0.05) is 11.9 Å². The van der Waals surface area contributed by atoms with Crippen molar-refractivity contribution in [3.05, 3.63) is 83.2 Å². The number of nitrogens with zero attached hydrogens (tertiary/aromatic N) is 2. The molecular formula is C21H18N2O4. The van der Waals surface area contributed by atoms with Crippen LogP contribution in [0.2, 0.25) is 0 Å². The lowest BCUT2D eigenvalue weighted by Crippen LogP contribution is -2.03. The Balaban J connectivity index is 1.91. The highest BCUT2D eigenvalue weighted by Gasteiger charge is 2.11. The van der Waals surface area contributed by atoms with E-state index in [1.807, 2.05) is 35.9 Å². The zero-order valence-electron chi connectivity index (χ0n) is 14.9. The molecule has 0 saturated carbocycles. The van der Waals surface area contributed by atoms with Crippen molar-refractivity contribution in [3.8, 4) is 5.69 Å². The third-order valence-electron chi connectivity index (χ3n) is 4.22. The van der Waals surface area contributed by atoms with E-state index in [0.29, 0.717) is 11.3 Å². The van der Waals surface area contributed by atoms with Crippen LogP contribution < -0.4 is 0 Å². The molecule has 0 fully saturated rings. The number of benzene rings is 2. The number of hydrogen-bond acceptors (Lipinski definition) is 4. The van der Waals surface area contributed by atoms with Gasteiger partial charge in [0.2, 0.25) is 0 Å². The third-order valence-corrected chi connectivity index (χ3v) is 4.22. The predicted molar refractivity (Wildman–Crippen MR) is 103 cm³/mol. The number of rotatable bonds is 5. The molecule has 0 atom stereocenters. The van der Waals surface area contributed by atoms with E-state index in [0.717, 1.165) is 16.9 Å². The third kappa shape index (κ3) is 3.79. The summed E-state index contributed by atoms with van der Waals surface area (Å²) in [5.74, 6) is -1.36. The van der Waals surface area contributed by atoms with Gasteiger partial charge in [0.1, 0.15) is 0 Å². The largest absolute Gasteiger partial charge is 0.478 e. The molecule has 0 bridgehead atoms. The second-order valence-corrected chi connectivity index (χ2v) is 5.85. The Morgan fingerprint density at radius 1 is 1.07 bits per heavy atom. The van der Waals surface area contributed by atoms with Crippen molar-refractivity contribution in [1.82, 2.24) is 4.57 Å². The average Bonchev–Trinajstić information content (AvgIpc) is 3.15. The van der Waals surface area contributed by atoms with Gasteiger partial charge in [0.05, 0.1) is 35.8 Å². The van der Waals surface area contributed by atoms with Gasteiger partial charge in [-0.3, -0.25) is 4.99 Å². The molecule has 136 valence electrons. The maximum absolute atomic E-state index is 11.8. The van der Waals surface area contributed by atoms with E-state index in [2.05, 4.69) is 4.99 Å². The molecule has 27 heavy (non-hydrogen) atoms. The molecule has 2 aromatic carbocycles. The number of aromatic carboxylic acids is 1. The average molecular weight is 362 g/mol. The monoisotopic (exact) mass is 362 g/mol. The Bertz CT molecular complexity index is 1020. The highest BCUT2D eigenvalue weighted by Crippen LogP contribution is 2.23. The Morgan fingerprint density at radius 3 is 2.48 bits per heavy atom. The number of esters is 1. The topological polar surface area (TPSA) is 80.9 Å². The summed E-state index contributed by atoms with van der Waals surface area (Å²) >= 11 is 0. The molecule has 3 aromatic rings. The van der Waals surface area contributed by atoms with E-state index in [9.17, 15) is 9.59 Å². The zero-order valence-corrected chi connectivity index (χ0v) is 14.9. The van der Waals surface area contributed by atoms with E-state index < -0.39 is 11.9 Å². The normalized spacial score (nSPS) is 10.9. The highest BCUT2D eigenvalue weighted by atomic mass is 16.5. The van der Waals surface area contributed by atoms with Crippen LogP contribution in [-0.2, 0) is 4.74 Å². The molecule has 6 heteroatoms. The highest BCUT2D eigenvalue weighted by molar-refractivity contribution is 5.93. The summed E-state index contributed by atoms with van der Waals surface area (Å²) in [5, 5.41) is 9.02. The van der Waals surface area contributed by atoms with Crippen molar-refractivity contribution < 1.29 is 19.4 Å². The van der Waals surface area contributed by atoms with Gasteiger partial charge in [0.15, 0.2) is 0 Å². The SMILES string of the molecule is COC(=O)c1cccc(N=Cc2cccn2-c2ccc(C(=O)O)cc2)c1C.